The van der Waals surface area contributed by atoms with E-state index in [9.17, 15) is 22.6 Å². The molecule has 4 rings (SSSR count). The van der Waals surface area contributed by atoms with Crippen molar-refractivity contribution in [1.82, 2.24) is 29.7 Å². The SMILES string of the molecule is N=C(N)c1ccc(OCCO/N=C(\C(=O)NC2C(=O)N(S(=O)(=O)O)C2Cn2cncn2)C2=CSC(N)N2)cc1. The van der Waals surface area contributed by atoms with E-state index in [2.05, 4.69) is 25.9 Å². The maximum atomic E-state index is 13.1. The second-order valence-electron chi connectivity index (χ2n) is 8.04. The highest BCUT2D eigenvalue weighted by Gasteiger charge is 2.54. The average molecular weight is 581 g/mol. The third-order valence-corrected chi connectivity index (χ3v) is 7.14. The minimum atomic E-state index is -4.89. The van der Waals surface area contributed by atoms with Crippen molar-refractivity contribution < 1.29 is 32.1 Å². The number of amidine groups is 1. The summed E-state index contributed by atoms with van der Waals surface area (Å²) in [5.74, 6) is -1.48. The van der Waals surface area contributed by atoms with E-state index in [1.54, 1.807) is 29.7 Å². The predicted molar refractivity (Wildman–Crippen MR) is 137 cm³/mol. The number of benzene rings is 1. The van der Waals surface area contributed by atoms with Gasteiger partial charge in [-0.05, 0) is 24.3 Å². The summed E-state index contributed by atoms with van der Waals surface area (Å²) in [6.07, 6.45) is 2.49. The summed E-state index contributed by atoms with van der Waals surface area (Å²) in [5, 5.41) is 22.0. The highest BCUT2D eigenvalue weighted by atomic mass is 32.2. The molecule has 2 aromatic rings. The maximum Gasteiger partial charge on any atom is 0.362 e. The number of hydrogen-bond donors (Lipinski definition) is 6. The van der Waals surface area contributed by atoms with Gasteiger partial charge < -0.3 is 31.7 Å². The molecule has 1 aromatic carbocycles. The minimum absolute atomic E-state index is 0.0585. The van der Waals surface area contributed by atoms with E-state index in [1.165, 1.54) is 29.1 Å². The van der Waals surface area contributed by atoms with Crippen molar-refractivity contribution in [1.29, 1.82) is 5.41 Å². The number of nitrogens with zero attached hydrogens (tertiary/aromatic N) is 5. The van der Waals surface area contributed by atoms with Crippen LogP contribution in [0.2, 0.25) is 0 Å². The van der Waals surface area contributed by atoms with Crippen molar-refractivity contribution in [3.05, 3.63) is 53.6 Å². The summed E-state index contributed by atoms with van der Waals surface area (Å²) in [7, 11) is -4.89. The number of carbonyl (C=O) groups excluding carboxylic acids is 2. The van der Waals surface area contributed by atoms with E-state index >= 15 is 0 Å². The molecule has 3 atom stereocenters. The van der Waals surface area contributed by atoms with Crippen molar-refractivity contribution in [3.63, 3.8) is 0 Å². The molecule has 2 amide bonds. The lowest BCUT2D eigenvalue weighted by Gasteiger charge is -2.43. The molecular weight excluding hydrogens is 556 g/mol. The van der Waals surface area contributed by atoms with Crippen LogP contribution in [0, 0.1) is 5.41 Å². The van der Waals surface area contributed by atoms with Gasteiger partial charge in [-0.15, -0.1) is 0 Å². The lowest BCUT2D eigenvalue weighted by Crippen LogP contribution is -2.73. The number of amides is 2. The van der Waals surface area contributed by atoms with Crippen molar-refractivity contribution in [2.75, 3.05) is 13.2 Å². The first-order valence-corrected chi connectivity index (χ1v) is 13.5. The van der Waals surface area contributed by atoms with Crippen LogP contribution in [0.15, 0.2) is 53.2 Å². The normalized spacial score (nSPS) is 21.0. The zero-order valence-corrected chi connectivity index (χ0v) is 21.6. The zero-order valence-electron chi connectivity index (χ0n) is 20.0. The Kier molecular flexibility index (Phi) is 8.33. The van der Waals surface area contributed by atoms with E-state index < -0.39 is 39.7 Å². The van der Waals surface area contributed by atoms with Crippen LogP contribution in [0.5, 0.6) is 5.75 Å². The van der Waals surface area contributed by atoms with Crippen LogP contribution in [0.1, 0.15) is 5.56 Å². The predicted octanol–water partition coefficient (Wildman–Crippen LogP) is -2.07. The van der Waals surface area contributed by atoms with Crippen LogP contribution in [-0.4, -0.2) is 86.2 Å². The minimum Gasteiger partial charge on any atom is -0.490 e. The fourth-order valence-electron chi connectivity index (χ4n) is 3.61. The van der Waals surface area contributed by atoms with Crippen LogP contribution in [-0.2, 0) is 31.3 Å². The highest BCUT2D eigenvalue weighted by molar-refractivity contribution is 8.02. The summed E-state index contributed by atoms with van der Waals surface area (Å²) in [6, 6.07) is 4.01. The topological polar surface area (TPSA) is 253 Å². The summed E-state index contributed by atoms with van der Waals surface area (Å²) in [5.41, 5.74) is 11.2. The number of rotatable bonds is 12. The van der Waals surface area contributed by atoms with Gasteiger partial charge in [0.25, 0.3) is 11.8 Å². The Balaban J connectivity index is 1.41. The maximum absolute atomic E-state index is 13.1. The van der Waals surface area contributed by atoms with Crippen LogP contribution in [0.25, 0.3) is 0 Å². The summed E-state index contributed by atoms with van der Waals surface area (Å²) in [4.78, 5) is 34.7. The molecule has 3 unspecified atom stereocenters. The van der Waals surface area contributed by atoms with E-state index in [-0.39, 0.29) is 41.3 Å². The number of nitrogens with one attached hydrogen (secondary N) is 3. The summed E-state index contributed by atoms with van der Waals surface area (Å²) >= 11 is 1.17. The molecule has 0 spiro atoms. The molecule has 0 aliphatic carbocycles. The number of nitrogen functional groups attached to an aromatic ring is 1. The van der Waals surface area contributed by atoms with Gasteiger partial charge in [-0.1, -0.05) is 16.9 Å². The third kappa shape index (κ3) is 6.63. The van der Waals surface area contributed by atoms with Gasteiger partial charge >= 0.3 is 10.3 Å². The number of thioether (sulfide) groups is 1. The van der Waals surface area contributed by atoms with Crippen LogP contribution < -0.4 is 26.8 Å². The quantitative estimate of drug-likeness (QED) is 0.0394. The van der Waals surface area contributed by atoms with Gasteiger partial charge in [-0.25, -0.2) is 9.29 Å². The lowest BCUT2D eigenvalue weighted by atomic mass is 9.98. The first kappa shape index (κ1) is 27.8. The Morgan fingerprint density at radius 3 is 2.64 bits per heavy atom. The summed E-state index contributed by atoms with van der Waals surface area (Å²) in [6.45, 7) is -0.180. The van der Waals surface area contributed by atoms with Crippen LogP contribution in [0.4, 0.5) is 0 Å². The molecular formula is C20H24N10O7S2. The van der Waals surface area contributed by atoms with Gasteiger partial charge in [0.15, 0.2) is 12.3 Å². The molecule has 2 aliphatic heterocycles. The number of carbonyl (C=O) groups is 2. The van der Waals surface area contributed by atoms with Crippen molar-refractivity contribution in [2.24, 2.45) is 16.6 Å². The fourth-order valence-corrected chi connectivity index (χ4v) is 5.14. The zero-order chi connectivity index (χ0) is 28.2. The van der Waals surface area contributed by atoms with E-state index in [0.29, 0.717) is 11.3 Å². The summed E-state index contributed by atoms with van der Waals surface area (Å²) < 4.78 is 39.9. The Morgan fingerprint density at radius 2 is 2.05 bits per heavy atom. The number of β-lactam (4-membered cyclic amide) rings is 1. The average Bonchev–Trinajstić information content (AvgIpc) is 3.55. The Labute approximate surface area is 226 Å². The first-order valence-electron chi connectivity index (χ1n) is 11.1. The van der Waals surface area contributed by atoms with Gasteiger partial charge in [-0.3, -0.25) is 24.2 Å². The lowest BCUT2D eigenvalue weighted by molar-refractivity contribution is -0.145. The number of aromatic nitrogens is 3. The smallest absolute Gasteiger partial charge is 0.362 e. The van der Waals surface area contributed by atoms with Gasteiger partial charge in [0.05, 0.1) is 18.3 Å². The van der Waals surface area contributed by atoms with Crippen molar-refractivity contribution >= 4 is 45.4 Å². The van der Waals surface area contributed by atoms with E-state index in [1.807, 2.05) is 0 Å². The Hall–Kier alpha value is -4.20. The fraction of sp³-hybridized carbons (Fsp3) is 0.300. The molecule has 1 aromatic heterocycles. The van der Waals surface area contributed by atoms with Crippen LogP contribution >= 0.6 is 11.8 Å². The first-order chi connectivity index (χ1) is 18.5. The molecule has 208 valence electrons. The molecule has 19 heteroatoms. The van der Waals surface area contributed by atoms with Crippen molar-refractivity contribution in [3.8, 4) is 5.75 Å². The standard InChI is InChI=1S/C20H24N10O7S2/c21-17(22)11-1-3-12(4-2-11)36-5-6-37-28-15(13-8-38-20(23)26-13)18(31)27-16-14(7-29-10-24-9-25-29)30(19(16)32)39(33,34)35/h1-4,8-10,14,16,20,26H,5-7,23H2,(H3,21,22)(H,27,31)(H,33,34,35)/b28-15-. The molecule has 2 aliphatic rings. The molecule has 3 heterocycles. The molecule has 39 heavy (non-hydrogen) atoms. The monoisotopic (exact) mass is 580 g/mol. The number of oxime groups is 1. The molecule has 0 radical (unpaired) electrons. The van der Waals surface area contributed by atoms with Gasteiger partial charge in [0, 0.05) is 11.0 Å². The largest absolute Gasteiger partial charge is 0.490 e. The second kappa shape index (κ2) is 11.7. The number of nitrogens with two attached hydrogens (primary N) is 2. The Bertz CT molecular complexity index is 1400. The second-order valence-corrected chi connectivity index (χ2v) is 10.3. The number of ether oxygens (including phenoxy) is 1. The van der Waals surface area contributed by atoms with Crippen molar-refractivity contribution in [2.45, 2.75) is 24.1 Å². The van der Waals surface area contributed by atoms with Gasteiger partial charge in [-0.2, -0.15) is 13.5 Å². The molecule has 8 N–H and O–H groups in total. The molecule has 1 fully saturated rings. The molecule has 17 nitrogen and oxygen atoms in total. The molecule has 0 saturated carbocycles. The third-order valence-electron chi connectivity index (χ3n) is 5.41. The highest BCUT2D eigenvalue weighted by Crippen LogP contribution is 2.25. The number of hydrogen-bond acceptors (Lipinski definition) is 13. The van der Waals surface area contributed by atoms with E-state index in [0.717, 1.165) is 0 Å². The van der Waals surface area contributed by atoms with Gasteiger partial charge in [0.1, 0.15) is 42.4 Å². The molecule has 1 saturated heterocycles. The van der Waals surface area contributed by atoms with E-state index in [4.69, 9.17) is 26.5 Å². The van der Waals surface area contributed by atoms with Crippen LogP contribution in [0.3, 0.4) is 0 Å². The van der Waals surface area contributed by atoms with Gasteiger partial charge in [0.2, 0.25) is 0 Å². The molecule has 0 bridgehead atoms. The Morgan fingerprint density at radius 1 is 1.31 bits per heavy atom.